The Morgan fingerprint density at radius 3 is 2.41 bits per heavy atom. The van der Waals surface area contributed by atoms with Gasteiger partial charge < -0.3 is 5.73 Å². The molecule has 2 aromatic carbocycles. The number of alkyl halides is 3. The molecule has 5 nitrogen and oxygen atoms in total. The molecule has 0 saturated carbocycles. The summed E-state index contributed by atoms with van der Waals surface area (Å²) in [7, 11) is 1.47. The Bertz CT molecular complexity index is 1160. The first-order valence-electron chi connectivity index (χ1n) is 9.75. The number of nitriles is 1. The van der Waals surface area contributed by atoms with Crippen LogP contribution in [0.2, 0.25) is 0 Å². The minimum Gasteiger partial charge on any atom is -0.369 e. The molecule has 168 valence electrons. The average molecular weight is 446 g/mol. The summed E-state index contributed by atoms with van der Waals surface area (Å²) in [4.78, 5) is 18.4. The molecular weight excluding hydrogens is 424 g/mol. The summed E-state index contributed by atoms with van der Waals surface area (Å²) in [6, 6.07) is 9.01. The van der Waals surface area contributed by atoms with Gasteiger partial charge in [-0.3, -0.25) is 9.69 Å². The molecule has 32 heavy (non-hydrogen) atoms. The molecule has 0 aliphatic carbocycles. The van der Waals surface area contributed by atoms with Crippen molar-refractivity contribution in [3.8, 4) is 6.07 Å². The second kappa shape index (κ2) is 7.62. The second-order valence-corrected chi connectivity index (χ2v) is 8.50. The Morgan fingerprint density at radius 1 is 1.16 bits per heavy atom. The Kier molecular flexibility index (Phi) is 5.54. The summed E-state index contributed by atoms with van der Waals surface area (Å²) in [5.41, 5.74) is 2.72. The van der Waals surface area contributed by atoms with E-state index < -0.39 is 28.5 Å². The lowest BCUT2D eigenvalue weighted by atomic mass is 9.67. The lowest BCUT2D eigenvalue weighted by Gasteiger charge is -2.46. The first-order chi connectivity index (χ1) is 14.7. The molecule has 0 unspecified atom stereocenters. The standard InChI is InChI=1S/C23H22F4N4O/c1-21(2)19(32)31(4)20(29)30-22(21,3)17-10-13(6-8-18(17)24)9-15-7-5-14(12-28)11-16(15)23(25,26)27/h5-8,10-11H,9H2,1-4H3,(H2,29,30)/t22-/m1/s1. The minimum absolute atomic E-state index is 0.0547. The van der Waals surface area contributed by atoms with Crippen molar-refractivity contribution in [3.63, 3.8) is 0 Å². The quantitative estimate of drug-likeness (QED) is 0.713. The SMILES string of the molecule is CN1C(=O)C(C)(C)[C@@](C)(c2cc(Cc3ccc(C#N)cc3C(F)(F)F)ccc2F)N=C1N. The van der Waals surface area contributed by atoms with Crippen molar-refractivity contribution in [1.82, 2.24) is 4.90 Å². The number of carbonyl (C=O) groups is 1. The Balaban J connectivity index is 2.13. The molecule has 1 amide bonds. The summed E-state index contributed by atoms with van der Waals surface area (Å²) in [5, 5.41) is 8.95. The van der Waals surface area contributed by atoms with Gasteiger partial charge in [-0.1, -0.05) is 18.2 Å². The van der Waals surface area contributed by atoms with E-state index in [0.717, 1.165) is 12.1 Å². The van der Waals surface area contributed by atoms with Crippen LogP contribution < -0.4 is 5.73 Å². The van der Waals surface area contributed by atoms with E-state index in [-0.39, 0.29) is 35.0 Å². The number of hydrogen-bond acceptors (Lipinski definition) is 4. The topological polar surface area (TPSA) is 82.5 Å². The number of guanidine groups is 1. The predicted molar refractivity (Wildman–Crippen MR) is 111 cm³/mol. The van der Waals surface area contributed by atoms with E-state index in [1.54, 1.807) is 26.8 Å². The van der Waals surface area contributed by atoms with E-state index in [9.17, 15) is 22.4 Å². The summed E-state index contributed by atoms with van der Waals surface area (Å²) in [6.07, 6.45) is -4.81. The number of amides is 1. The van der Waals surface area contributed by atoms with Gasteiger partial charge >= 0.3 is 6.18 Å². The normalized spacial score (nSPS) is 20.7. The number of halogens is 4. The first-order valence-corrected chi connectivity index (χ1v) is 9.75. The minimum atomic E-state index is -4.65. The number of nitrogens with two attached hydrogens (primary N) is 1. The maximum absolute atomic E-state index is 14.9. The van der Waals surface area contributed by atoms with Gasteiger partial charge in [0.25, 0.3) is 0 Å². The van der Waals surface area contributed by atoms with E-state index >= 15 is 0 Å². The van der Waals surface area contributed by atoms with Gasteiger partial charge in [0.2, 0.25) is 5.91 Å². The molecule has 3 rings (SSSR count). The molecule has 0 radical (unpaired) electrons. The van der Waals surface area contributed by atoms with Gasteiger partial charge in [0, 0.05) is 12.6 Å². The molecule has 0 aromatic heterocycles. The Morgan fingerprint density at radius 2 is 1.81 bits per heavy atom. The maximum atomic E-state index is 14.9. The van der Waals surface area contributed by atoms with Crippen molar-refractivity contribution in [2.24, 2.45) is 16.1 Å². The van der Waals surface area contributed by atoms with Gasteiger partial charge in [-0.05, 0) is 56.5 Å². The fraction of sp³-hybridized carbons (Fsp3) is 0.348. The van der Waals surface area contributed by atoms with Crippen molar-refractivity contribution >= 4 is 11.9 Å². The van der Waals surface area contributed by atoms with Crippen molar-refractivity contribution < 1.29 is 22.4 Å². The van der Waals surface area contributed by atoms with Gasteiger partial charge in [0.1, 0.15) is 11.4 Å². The van der Waals surface area contributed by atoms with E-state index in [0.29, 0.717) is 5.56 Å². The average Bonchev–Trinajstić information content (AvgIpc) is 2.72. The fourth-order valence-corrected chi connectivity index (χ4v) is 3.91. The van der Waals surface area contributed by atoms with Gasteiger partial charge in [-0.25, -0.2) is 9.38 Å². The first kappa shape index (κ1) is 23.3. The molecule has 0 spiro atoms. The number of carbonyl (C=O) groups excluding carboxylic acids is 1. The zero-order chi connectivity index (χ0) is 24.1. The third-order valence-corrected chi connectivity index (χ3v) is 6.23. The van der Waals surface area contributed by atoms with Crippen LogP contribution in [-0.4, -0.2) is 23.8 Å². The Hall–Kier alpha value is -3.41. The van der Waals surface area contributed by atoms with Gasteiger partial charge in [-0.15, -0.1) is 0 Å². The molecule has 1 atom stereocenters. The highest BCUT2D eigenvalue weighted by Gasteiger charge is 2.53. The summed E-state index contributed by atoms with van der Waals surface area (Å²) in [6.45, 7) is 4.82. The monoisotopic (exact) mass is 446 g/mol. The molecule has 2 N–H and O–H groups in total. The van der Waals surface area contributed by atoms with Crippen LogP contribution in [0.15, 0.2) is 41.4 Å². The van der Waals surface area contributed by atoms with Crippen LogP contribution >= 0.6 is 0 Å². The van der Waals surface area contributed by atoms with Gasteiger partial charge in [-0.2, -0.15) is 18.4 Å². The van der Waals surface area contributed by atoms with E-state index in [4.69, 9.17) is 11.0 Å². The van der Waals surface area contributed by atoms with Crippen molar-refractivity contribution in [2.75, 3.05) is 7.05 Å². The molecule has 1 heterocycles. The van der Waals surface area contributed by atoms with Crippen LogP contribution in [-0.2, 0) is 22.9 Å². The smallest absolute Gasteiger partial charge is 0.369 e. The molecule has 9 heteroatoms. The third kappa shape index (κ3) is 3.70. The zero-order valence-corrected chi connectivity index (χ0v) is 18.0. The highest BCUT2D eigenvalue weighted by atomic mass is 19.4. The van der Waals surface area contributed by atoms with E-state index in [1.165, 1.54) is 36.2 Å². The number of rotatable bonds is 3. The van der Waals surface area contributed by atoms with Crippen LogP contribution in [0.5, 0.6) is 0 Å². The largest absolute Gasteiger partial charge is 0.416 e. The van der Waals surface area contributed by atoms with Crippen LogP contribution in [0.25, 0.3) is 0 Å². The van der Waals surface area contributed by atoms with Crippen LogP contribution in [0, 0.1) is 22.6 Å². The van der Waals surface area contributed by atoms with E-state index in [2.05, 4.69) is 4.99 Å². The molecule has 0 saturated heterocycles. The lowest BCUT2D eigenvalue weighted by molar-refractivity contribution is -0.140. The molecule has 0 bridgehead atoms. The number of nitrogens with zero attached hydrogens (tertiary/aromatic N) is 3. The highest BCUT2D eigenvalue weighted by Crippen LogP contribution is 2.47. The number of aliphatic imine (C=N–C) groups is 1. The van der Waals surface area contributed by atoms with Crippen molar-refractivity contribution in [2.45, 2.75) is 38.9 Å². The molecule has 0 fully saturated rings. The third-order valence-electron chi connectivity index (χ3n) is 6.23. The fourth-order valence-electron chi connectivity index (χ4n) is 3.91. The Labute approximate surface area is 183 Å². The molecular formula is C23H22F4N4O. The highest BCUT2D eigenvalue weighted by molar-refractivity contribution is 6.01. The zero-order valence-electron chi connectivity index (χ0n) is 18.0. The second-order valence-electron chi connectivity index (χ2n) is 8.50. The summed E-state index contributed by atoms with van der Waals surface area (Å²) < 4.78 is 55.6. The van der Waals surface area contributed by atoms with Crippen molar-refractivity contribution in [1.29, 1.82) is 5.26 Å². The van der Waals surface area contributed by atoms with Gasteiger partial charge in [0.05, 0.1) is 22.6 Å². The number of hydrogen-bond donors (Lipinski definition) is 1. The maximum Gasteiger partial charge on any atom is 0.416 e. The predicted octanol–water partition coefficient (Wildman–Crippen LogP) is 4.34. The summed E-state index contributed by atoms with van der Waals surface area (Å²) in [5.74, 6) is -1.08. The lowest BCUT2D eigenvalue weighted by Crippen LogP contribution is -2.58. The van der Waals surface area contributed by atoms with Crippen LogP contribution in [0.4, 0.5) is 17.6 Å². The van der Waals surface area contributed by atoms with E-state index in [1.807, 2.05) is 0 Å². The van der Waals surface area contributed by atoms with Gasteiger partial charge in [0.15, 0.2) is 5.96 Å². The molecule has 1 aliphatic rings. The van der Waals surface area contributed by atoms with Crippen LogP contribution in [0.3, 0.4) is 0 Å². The molecule has 1 aliphatic heterocycles. The summed E-state index contributed by atoms with van der Waals surface area (Å²) >= 11 is 0. The number of benzene rings is 2. The van der Waals surface area contributed by atoms with Crippen molar-refractivity contribution in [3.05, 3.63) is 70.0 Å². The molecule has 2 aromatic rings. The van der Waals surface area contributed by atoms with Crippen LogP contribution in [0.1, 0.15) is 48.6 Å².